The Bertz CT molecular complexity index is 894. The summed E-state index contributed by atoms with van der Waals surface area (Å²) in [6.45, 7) is 0.450. The fraction of sp³-hybridized carbons (Fsp3) is 0.0952. The summed E-state index contributed by atoms with van der Waals surface area (Å²) in [6.07, 6.45) is 0. The topological polar surface area (TPSA) is 56.8 Å². The van der Waals surface area contributed by atoms with Gasteiger partial charge in [0, 0.05) is 4.47 Å². The van der Waals surface area contributed by atoms with Crippen LogP contribution in [0.15, 0.2) is 82.3 Å². The number of benzene rings is 3. The highest BCUT2D eigenvalue weighted by Gasteiger charge is 2.11. The van der Waals surface area contributed by atoms with E-state index in [1.54, 1.807) is 7.11 Å². The van der Waals surface area contributed by atoms with Crippen LogP contribution in [0.4, 0.5) is 5.69 Å². The summed E-state index contributed by atoms with van der Waals surface area (Å²) < 4.78 is 12.3. The highest BCUT2D eigenvalue weighted by Crippen LogP contribution is 2.26. The minimum Gasteiger partial charge on any atom is -0.497 e. The van der Waals surface area contributed by atoms with Gasteiger partial charge < -0.3 is 15.2 Å². The molecule has 0 aliphatic carbocycles. The molecule has 0 amide bonds. The van der Waals surface area contributed by atoms with Gasteiger partial charge in [0.15, 0.2) is 0 Å². The zero-order valence-corrected chi connectivity index (χ0v) is 15.9. The molecule has 3 aromatic rings. The van der Waals surface area contributed by atoms with Gasteiger partial charge in [-0.2, -0.15) is 0 Å². The molecule has 2 N–H and O–H groups in total. The van der Waals surface area contributed by atoms with Gasteiger partial charge >= 0.3 is 0 Å². The summed E-state index contributed by atoms with van der Waals surface area (Å²) in [5.74, 6) is 1.73. The molecule has 5 heteroatoms. The third kappa shape index (κ3) is 4.64. The maximum Gasteiger partial charge on any atom is 0.135 e. The van der Waals surface area contributed by atoms with E-state index >= 15 is 0 Å². The minimum absolute atomic E-state index is 0.370. The Morgan fingerprint density at radius 2 is 1.73 bits per heavy atom. The lowest BCUT2D eigenvalue weighted by molar-refractivity contribution is 0.305. The normalized spacial score (nSPS) is 11.2. The Kier molecular flexibility index (Phi) is 5.92. The first kappa shape index (κ1) is 18.0. The molecule has 26 heavy (non-hydrogen) atoms. The predicted molar refractivity (Wildman–Crippen MR) is 108 cm³/mol. The van der Waals surface area contributed by atoms with Crippen LogP contribution in [-0.2, 0) is 6.61 Å². The zero-order chi connectivity index (χ0) is 18.4. The molecule has 3 aromatic carbocycles. The maximum atomic E-state index is 6.26. The lowest BCUT2D eigenvalue weighted by Gasteiger charge is -2.13. The van der Waals surface area contributed by atoms with Crippen molar-refractivity contribution in [1.82, 2.24) is 0 Å². The lowest BCUT2D eigenvalue weighted by atomic mass is 10.1. The van der Waals surface area contributed by atoms with Crippen molar-refractivity contribution in [2.45, 2.75) is 6.61 Å². The Morgan fingerprint density at radius 3 is 2.42 bits per heavy atom. The summed E-state index contributed by atoms with van der Waals surface area (Å²) in [6, 6.07) is 23.1. The van der Waals surface area contributed by atoms with E-state index in [-0.39, 0.29) is 0 Å². The van der Waals surface area contributed by atoms with Crippen LogP contribution in [-0.4, -0.2) is 12.9 Å². The van der Waals surface area contributed by atoms with Crippen molar-refractivity contribution in [2.75, 3.05) is 7.11 Å². The molecule has 0 atom stereocenters. The molecule has 0 aliphatic heterocycles. The molecule has 0 saturated carbocycles. The zero-order valence-electron chi connectivity index (χ0n) is 14.4. The van der Waals surface area contributed by atoms with Crippen LogP contribution in [0.2, 0.25) is 0 Å². The fourth-order valence-electron chi connectivity index (χ4n) is 2.41. The van der Waals surface area contributed by atoms with Crippen molar-refractivity contribution in [2.24, 2.45) is 10.7 Å². The lowest BCUT2D eigenvalue weighted by Crippen LogP contribution is -2.15. The molecular weight excluding hydrogens is 392 g/mol. The molecule has 0 bridgehead atoms. The first-order chi connectivity index (χ1) is 12.7. The molecule has 0 unspecified atom stereocenters. The fourth-order valence-corrected chi connectivity index (χ4v) is 2.68. The van der Waals surface area contributed by atoms with Gasteiger partial charge in [-0.15, -0.1) is 0 Å². The Morgan fingerprint density at radius 1 is 1.00 bits per heavy atom. The second kappa shape index (κ2) is 8.54. The highest BCUT2D eigenvalue weighted by atomic mass is 79.9. The van der Waals surface area contributed by atoms with Crippen molar-refractivity contribution in [3.05, 3.63) is 88.4 Å². The van der Waals surface area contributed by atoms with Crippen molar-refractivity contribution in [1.29, 1.82) is 0 Å². The molecular formula is C21H19BrN2O2. The van der Waals surface area contributed by atoms with Crippen LogP contribution < -0.4 is 15.2 Å². The van der Waals surface area contributed by atoms with E-state index in [4.69, 9.17) is 15.2 Å². The summed E-state index contributed by atoms with van der Waals surface area (Å²) in [7, 11) is 1.62. The van der Waals surface area contributed by atoms with Gasteiger partial charge in [0.05, 0.1) is 18.4 Å². The van der Waals surface area contributed by atoms with Crippen LogP contribution in [0, 0.1) is 0 Å². The second-order valence-corrected chi connectivity index (χ2v) is 6.53. The van der Waals surface area contributed by atoms with Crippen molar-refractivity contribution < 1.29 is 9.47 Å². The number of methoxy groups -OCH3 is 1. The van der Waals surface area contributed by atoms with Gasteiger partial charge in [-0.05, 0) is 48.0 Å². The molecule has 0 fully saturated rings. The molecule has 0 radical (unpaired) electrons. The van der Waals surface area contributed by atoms with Gasteiger partial charge in [0.25, 0.3) is 0 Å². The number of hydrogen-bond donors (Lipinski definition) is 1. The van der Waals surface area contributed by atoms with Gasteiger partial charge in [0.2, 0.25) is 0 Å². The van der Waals surface area contributed by atoms with Crippen LogP contribution in [0.3, 0.4) is 0 Å². The van der Waals surface area contributed by atoms with Gasteiger partial charge in [0.1, 0.15) is 23.9 Å². The summed E-state index contributed by atoms with van der Waals surface area (Å²) in [5, 5.41) is 0. The number of amidine groups is 1. The largest absolute Gasteiger partial charge is 0.497 e. The quantitative estimate of drug-likeness (QED) is 0.455. The predicted octanol–water partition coefficient (Wildman–Crippen LogP) is 5.07. The number of ether oxygens (including phenoxy) is 2. The molecule has 3 rings (SSSR count). The summed E-state index contributed by atoms with van der Waals surface area (Å²) in [5.41, 5.74) is 8.81. The second-order valence-electron chi connectivity index (χ2n) is 5.61. The molecule has 0 aromatic heterocycles. The number of rotatable bonds is 6. The summed E-state index contributed by atoms with van der Waals surface area (Å²) >= 11 is 3.41. The van der Waals surface area contributed by atoms with Crippen LogP contribution in [0.25, 0.3) is 0 Å². The number of halogens is 1. The van der Waals surface area contributed by atoms with Crippen molar-refractivity contribution >= 4 is 27.5 Å². The monoisotopic (exact) mass is 410 g/mol. The molecule has 0 aliphatic rings. The average molecular weight is 411 g/mol. The first-order valence-electron chi connectivity index (χ1n) is 8.10. The molecule has 0 heterocycles. The first-order valence-corrected chi connectivity index (χ1v) is 8.90. The van der Waals surface area contributed by atoms with Gasteiger partial charge in [-0.25, -0.2) is 4.99 Å². The molecule has 132 valence electrons. The Labute approximate surface area is 161 Å². The highest BCUT2D eigenvalue weighted by molar-refractivity contribution is 9.10. The van der Waals surface area contributed by atoms with E-state index in [0.717, 1.165) is 15.7 Å². The van der Waals surface area contributed by atoms with Gasteiger partial charge in [-0.3, -0.25) is 0 Å². The Hall–Kier alpha value is -2.79. The van der Waals surface area contributed by atoms with E-state index < -0.39 is 0 Å². The molecule has 0 saturated heterocycles. The van der Waals surface area contributed by atoms with Gasteiger partial charge in [-0.1, -0.05) is 46.3 Å². The number of aliphatic imine (C=N–C) groups is 1. The van der Waals surface area contributed by atoms with Crippen LogP contribution >= 0.6 is 15.9 Å². The van der Waals surface area contributed by atoms with E-state index in [2.05, 4.69) is 20.9 Å². The van der Waals surface area contributed by atoms with E-state index in [1.807, 2.05) is 72.8 Å². The van der Waals surface area contributed by atoms with E-state index in [0.29, 0.717) is 29.5 Å². The Balaban J connectivity index is 1.89. The van der Waals surface area contributed by atoms with Crippen molar-refractivity contribution in [3.63, 3.8) is 0 Å². The maximum absolute atomic E-state index is 6.26. The van der Waals surface area contributed by atoms with E-state index in [1.165, 1.54) is 0 Å². The van der Waals surface area contributed by atoms with Crippen LogP contribution in [0.1, 0.15) is 11.1 Å². The third-order valence-electron chi connectivity index (χ3n) is 3.78. The number of hydrogen-bond acceptors (Lipinski definition) is 3. The molecule has 0 spiro atoms. The standard InChI is InChI=1S/C21H19BrN2O2/c1-25-18-11-12-20(26-14-15-5-3-2-4-6-15)19(13-18)21(23)24-17-9-7-16(22)8-10-17/h2-13H,14H2,1H3,(H2,23,24). The summed E-state index contributed by atoms with van der Waals surface area (Å²) in [4.78, 5) is 4.50. The smallest absolute Gasteiger partial charge is 0.135 e. The van der Waals surface area contributed by atoms with Crippen molar-refractivity contribution in [3.8, 4) is 11.5 Å². The number of nitrogens with zero attached hydrogens (tertiary/aromatic N) is 1. The number of nitrogens with two attached hydrogens (primary N) is 1. The SMILES string of the molecule is COc1ccc(OCc2ccccc2)c(C(N)=Nc2ccc(Br)cc2)c1. The van der Waals surface area contributed by atoms with Crippen LogP contribution in [0.5, 0.6) is 11.5 Å². The molecule has 4 nitrogen and oxygen atoms in total. The average Bonchev–Trinajstić information content (AvgIpc) is 2.68. The third-order valence-corrected chi connectivity index (χ3v) is 4.30. The minimum atomic E-state index is 0.370. The van der Waals surface area contributed by atoms with E-state index in [9.17, 15) is 0 Å².